The van der Waals surface area contributed by atoms with E-state index in [1.165, 1.54) is 0 Å². The molecule has 7 heteroatoms. The first kappa shape index (κ1) is 21.4. The second kappa shape index (κ2) is 8.72. The minimum absolute atomic E-state index is 0.178. The van der Waals surface area contributed by atoms with Crippen LogP contribution in [0.15, 0.2) is 72.8 Å². The molecule has 164 valence electrons. The van der Waals surface area contributed by atoms with Crippen LogP contribution in [-0.4, -0.2) is 24.2 Å². The zero-order valence-electron chi connectivity index (χ0n) is 18.0. The van der Waals surface area contributed by atoms with Gasteiger partial charge in [-0.1, -0.05) is 49.4 Å². The van der Waals surface area contributed by atoms with E-state index >= 15 is 0 Å². The first-order valence-electron chi connectivity index (χ1n) is 10.4. The van der Waals surface area contributed by atoms with Gasteiger partial charge in [0.25, 0.3) is 11.6 Å². The first-order valence-corrected chi connectivity index (χ1v) is 10.4. The van der Waals surface area contributed by atoms with E-state index in [2.05, 4.69) is 10.6 Å². The van der Waals surface area contributed by atoms with Crippen LogP contribution in [0.3, 0.4) is 0 Å². The van der Waals surface area contributed by atoms with Crippen LogP contribution >= 0.6 is 0 Å². The summed E-state index contributed by atoms with van der Waals surface area (Å²) in [6, 6.07) is 20.6. The van der Waals surface area contributed by atoms with E-state index in [9.17, 15) is 14.7 Å². The molecular weight excluding hydrogens is 406 g/mol. The number of rotatable bonds is 6. The smallest absolute Gasteiger partial charge is 0.329 e. The van der Waals surface area contributed by atoms with Gasteiger partial charge in [0, 0.05) is 17.8 Å². The van der Waals surface area contributed by atoms with Crippen molar-refractivity contribution in [2.45, 2.75) is 25.6 Å². The van der Waals surface area contributed by atoms with Gasteiger partial charge in [-0.25, -0.2) is 4.79 Å². The molecule has 3 aromatic carbocycles. The molecule has 0 bridgehead atoms. The number of para-hydroxylation sites is 1. The van der Waals surface area contributed by atoms with E-state index in [1.54, 1.807) is 55.6 Å². The van der Waals surface area contributed by atoms with Gasteiger partial charge in [-0.2, -0.15) is 0 Å². The van der Waals surface area contributed by atoms with Gasteiger partial charge in [0.15, 0.2) is 0 Å². The summed E-state index contributed by atoms with van der Waals surface area (Å²) in [5, 5.41) is 17.3. The Morgan fingerprint density at radius 2 is 1.69 bits per heavy atom. The first-order chi connectivity index (χ1) is 15.5. The molecule has 7 nitrogen and oxygen atoms in total. The summed E-state index contributed by atoms with van der Waals surface area (Å²) in [6.45, 7) is 2.21. The molecule has 1 atom stereocenters. The standard InChI is InChI=1S/C25H25N3O4/c1-3-17-8-12-19(13-9-17)28-24(30)27-22-7-5-4-6-21(22)25(28,31)23(29)26-16-18-10-14-20(32-2)15-11-18/h4-15,31H,3,16H2,1-2H3,(H,26,29)(H,27,30)/t25-/m1/s1. The average molecular weight is 431 g/mol. The van der Waals surface area contributed by atoms with Crippen LogP contribution in [0.2, 0.25) is 0 Å². The van der Waals surface area contributed by atoms with Crippen LogP contribution in [0.1, 0.15) is 23.6 Å². The Kier molecular flexibility index (Phi) is 5.83. The second-order valence-electron chi connectivity index (χ2n) is 7.53. The number of anilines is 2. The highest BCUT2D eigenvalue weighted by atomic mass is 16.5. The normalized spacial score (nSPS) is 17.3. The molecule has 3 aromatic rings. The summed E-state index contributed by atoms with van der Waals surface area (Å²) < 4.78 is 5.16. The van der Waals surface area contributed by atoms with Crippen molar-refractivity contribution in [3.05, 3.63) is 89.5 Å². The number of nitrogens with one attached hydrogen (secondary N) is 2. The summed E-state index contributed by atoms with van der Waals surface area (Å²) in [5.41, 5.74) is 0.789. The third-order valence-electron chi connectivity index (χ3n) is 5.60. The lowest BCUT2D eigenvalue weighted by Crippen LogP contribution is -2.62. The van der Waals surface area contributed by atoms with Gasteiger partial charge in [-0.15, -0.1) is 0 Å². The summed E-state index contributed by atoms with van der Waals surface area (Å²) in [6.07, 6.45) is 0.835. The van der Waals surface area contributed by atoms with Gasteiger partial charge >= 0.3 is 6.03 Å². The molecule has 1 heterocycles. The zero-order chi connectivity index (χ0) is 22.7. The molecule has 0 saturated carbocycles. The molecule has 0 spiro atoms. The Labute approximate surface area is 186 Å². The fourth-order valence-corrected chi connectivity index (χ4v) is 3.79. The number of fused-ring (bicyclic) bond motifs is 1. The van der Waals surface area contributed by atoms with Gasteiger partial charge in [-0.3, -0.25) is 9.69 Å². The highest BCUT2D eigenvalue weighted by molar-refractivity contribution is 6.11. The van der Waals surface area contributed by atoms with Crippen LogP contribution in [0.4, 0.5) is 16.2 Å². The minimum Gasteiger partial charge on any atom is -0.497 e. The van der Waals surface area contributed by atoms with E-state index < -0.39 is 17.7 Å². The van der Waals surface area contributed by atoms with Crippen molar-refractivity contribution in [3.8, 4) is 5.75 Å². The van der Waals surface area contributed by atoms with Crippen molar-refractivity contribution in [1.29, 1.82) is 0 Å². The Balaban J connectivity index is 1.70. The van der Waals surface area contributed by atoms with Crippen molar-refractivity contribution in [1.82, 2.24) is 5.32 Å². The van der Waals surface area contributed by atoms with Crippen LogP contribution in [0.25, 0.3) is 0 Å². The molecule has 3 N–H and O–H groups in total. The summed E-state index contributed by atoms with van der Waals surface area (Å²) in [5.74, 6) is 0.00784. The summed E-state index contributed by atoms with van der Waals surface area (Å²) in [7, 11) is 1.58. The second-order valence-corrected chi connectivity index (χ2v) is 7.53. The zero-order valence-corrected chi connectivity index (χ0v) is 18.0. The molecule has 32 heavy (non-hydrogen) atoms. The minimum atomic E-state index is -2.22. The lowest BCUT2D eigenvalue weighted by Gasteiger charge is -2.42. The predicted molar refractivity (Wildman–Crippen MR) is 122 cm³/mol. The molecule has 0 radical (unpaired) electrons. The van der Waals surface area contributed by atoms with Crippen molar-refractivity contribution in [2.75, 3.05) is 17.3 Å². The SMILES string of the molecule is CCc1ccc(N2C(=O)Nc3ccccc3[C@@]2(O)C(=O)NCc2ccc(OC)cc2)cc1. The topological polar surface area (TPSA) is 90.9 Å². The van der Waals surface area contributed by atoms with Gasteiger partial charge in [0.1, 0.15) is 5.75 Å². The average Bonchev–Trinajstić information content (AvgIpc) is 2.83. The lowest BCUT2D eigenvalue weighted by atomic mass is 9.94. The van der Waals surface area contributed by atoms with Gasteiger partial charge in [-0.05, 0) is 47.9 Å². The third-order valence-corrected chi connectivity index (χ3v) is 5.60. The maximum absolute atomic E-state index is 13.4. The van der Waals surface area contributed by atoms with Crippen molar-refractivity contribution >= 4 is 23.3 Å². The molecule has 4 rings (SSSR count). The molecule has 3 amide bonds. The van der Waals surface area contributed by atoms with Gasteiger partial charge in [0.05, 0.1) is 12.8 Å². The molecule has 1 aliphatic heterocycles. The molecule has 0 aromatic heterocycles. The Morgan fingerprint density at radius 3 is 2.34 bits per heavy atom. The number of ether oxygens (including phenoxy) is 1. The monoisotopic (exact) mass is 431 g/mol. The number of benzene rings is 3. The number of hydrogen-bond donors (Lipinski definition) is 3. The van der Waals surface area contributed by atoms with E-state index in [4.69, 9.17) is 4.74 Å². The highest BCUT2D eigenvalue weighted by Crippen LogP contribution is 2.39. The van der Waals surface area contributed by atoms with Crippen molar-refractivity contribution < 1.29 is 19.4 Å². The fourth-order valence-electron chi connectivity index (χ4n) is 3.79. The van der Waals surface area contributed by atoms with E-state index in [1.807, 2.05) is 31.2 Å². The molecule has 0 saturated heterocycles. The molecular formula is C25H25N3O4. The fraction of sp³-hybridized carbons (Fsp3) is 0.200. The van der Waals surface area contributed by atoms with E-state index in [-0.39, 0.29) is 6.54 Å². The van der Waals surface area contributed by atoms with Gasteiger partial charge < -0.3 is 20.5 Å². The maximum atomic E-state index is 13.4. The quantitative estimate of drug-likeness (QED) is 0.554. The van der Waals surface area contributed by atoms with Crippen LogP contribution in [0, 0.1) is 0 Å². The number of carbonyl (C=O) groups is 2. The van der Waals surface area contributed by atoms with Crippen LogP contribution in [-0.2, 0) is 23.5 Å². The number of hydrogen-bond acceptors (Lipinski definition) is 4. The molecule has 1 aliphatic rings. The number of aliphatic hydroxyl groups is 1. The maximum Gasteiger partial charge on any atom is 0.329 e. The van der Waals surface area contributed by atoms with Crippen LogP contribution < -0.4 is 20.3 Å². The molecule has 0 aliphatic carbocycles. The predicted octanol–water partition coefficient (Wildman–Crippen LogP) is 3.77. The molecule has 0 unspecified atom stereocenters. The van der Waals surface area contributed by atoms with Crippen molar-refractivity contribution in [2.24, 2.45) is 0 Å². The Hall–Kier alpha value is -3.84. The lowest BCUT2D eigenvalue weighted by molar-refractivity contribution is -0.140. The number of carbonyl (C=O) groups excluding carboxylic acids is 2. The van der Waals surface area contributed by atoms with E-state index in [0.29, 0.717) is 22.7 Å². The third kappa shape index (κ3) is 3.78. The molecule has 0 fully saturated rings. The van der Waals surface area contributed by atoms with E-state index in [0.717, 1.165) is 22.4 Å². The Bertz CT molecular complexity index is 1130. The number of nitrogens with zero attached hydrogens (tertiary/aromatic N) is 1. The number of aryl methyl sites for hydroxylation is 1. The van der Waals surface area contributed by atoms with Gasteiger partial charge in [0.2, 0.25) is 0 Å². The summed E-state index contributed by atoms with van der Waals surface area (Å²) >= 11 is 0. The van der Waals surface area contributed by atoms with Crippen molar-refractivity contribution in [3.63, 3.8) is 0 Å². The van der Waals surface area contributed by atoms with Crippen LogP contribution in [0.5, 0.6) is 5.75 Å². The number of urea groups is 1. The largest absolute Gasteiger partial charge is 0.497 e. The summed E-state index contributed by atoms with van der Waals surface area (Å²) in [4.78, 5) is 27.6. The highest BCUT2D eigenvalue weighted by Gasteiger charge is 2.51. The Morgan fingerprint density at radius 1 is 1.03 bits per heavy atom. The number of amides is 3. The number of methoxy groups -OCH3 is 1.